The molecule has 0 saturated heterocycles. The molecule has 4 fully saturated rings. The molecule has 2 N–H and O–H groups in total. The summed E-state index contributed by atoms with van der Waals surface area (Å²) >= 11 is 1.39. The molecule has 4 aliphatic rings. The first-order valence-electron chi connectivity index (χ1n) is 12.6. The fraction of sp³-hybridized carbons (Fsp3) is 0.407. The van der Waals surface area contributed by atoms with Crippen molar-refractivity contribution in [1.82, 2.24) is 5.32 Å². The van der Waals surface area contributed by atoms with Gasteiger partial charge in [-0.15, -0.1) is 11.3 Å². The van der Waals surface area contributed by atoms with Gasteiger partial charge in [0.25, 0.3) is 5.91 Å². The minimum Gasteiger partial charge on any atom is -0.487 e. The van der Waals surface area contributed by atoms with Gasteiger partial charge in [-0.1, -0.05) is 31.6 Å². The van der Waals surface area contributed by atoms with Gasteiger partial charge in [0.05, 0.1) is 5.56 Å². The van der Waals surface area contributed by atoms with E-state index in [9.17, 15) is 34.1 Å². The topological polar surface area (TPSA) is 75.6 Å². The van der Waals surface area contributed by atoms with E-state index in [2.05, 4.69) is 5.32 Å². The van der Waals surface area contributed by atoms with Crippen LogP contribution in [0.2, 0.25) is 0 Å². The second-order valence-corrected chi connectivity index (χ2v) is 14.6. The Kier molecular flexibility index (Phi) is 5.47. The van der Waals surface area contributed by atoms with Gasteiger partial charge in [0.2, 0.25) is 0 Å². The van der Waals surface area contributed by atoms with E-state index < -0.39 is 38.5 Å². The molecule has 1 aromatic heterocycles. The number of hydrogen-bond acceptors (Lipinski definition) is 4. The maximum atomic E-state index is 13.5. The maximum absolute atomic E-state index is 13.5. The third-order valence-electron chi connectivity index (χ3n) is 8.69. The van der Waals surface area contributed by atoms with E-state index in [0.29, 0.717) is 35.3 Å². The van der Waals surface area contributed by atoms with Crippen LogP contribution in [0.15, 0.2) is 52.7 Å². The number of benzene rings is 2. The van der Waals surface area contributed by atoms with Crippen LogP contribution in [0, 0.1) is 23.2 Å². The highest BCUT2D eigenvalue weighted by Gasteiger charge is 2.65. The summed E-state index contributed by atoms with van der Waals surface area (Å²) in [4.78, 5) is 23.9. The van der Waals surface area contributed by atoms with Crippen LogP contribution in [0.5, 0.6) is 5.75 Å². The molecule has 3 aromatic rings. The third-order valence-corrected chi connectivity index (χ3v) is 10.7. The maximum Gasteiger partial charge on any atom is 0.326 e. The predicted octanol–water partition coefficient (Wildman–Crippen LogP) is 8.15. The smallest absolute Gasteiger partial charge is 0.326 e. The molecule has 39 heavy (non-hydrogen) atoms. The number of carbonyl (C=O) groups excluding carboxylic acids is 1. The highest BCUT2D eigenvalue weighted by molar-refractivity contribution is 8.45. The summed E-state index contributed by atoms with van der Waals surface area (Å²) in [5, 5.41) is 15.3. The summed E-state index contributed by atoms with van der Waals surface area (Å²) in [6.07, 6.45) is 4.60. The second kappa shape index (κ2) is 8.09. The molecule has 4 bridgehead atoms. The molecule has 4 aliphatic carbocycles. The van der Waals surface area contributed by atoms with E-state index in [4.69, 9.17) is 4.74 Å². The summed E-state index contributed by atoms with van der Waals surface area (Å²) in [7, 11) is -9.80. The van der Waals surface area contributed by atoms with Crippen molar-refractivity contribution < 1.29 is 38.9 Å². The Labute approximate surface area is 225 Å². The Balaban J connectivity index is 1.26. The van der Waals surface area contributed by atoms with Crippen LogP contribution < -0.4 is 10.1 Å². The zero-order chi connectivity index (χ0) is 27.9. The molecular formula is C27H26F5NO4S2. The monoisotopic (exact) mass is 587 g/mol. The van der Waals surface area contributed by atoms with Crippen LogP contribution in [0.4, 0.5) is 19.4 Å². The molecule has 0 radical (unpaired) electrons. The first-order chi connectivity index (χ1) is 18.1. The van der Waals surface area contributed by atoms with E-state index in [1.54, 1.807) is 17.5 Å². The Morgan fingerprint density at radius 2 is 1.67 bits per heavy atom. The number of rotatable bonds is 8. The number of carbonyl (C=O) groups is 2. The van der Waals surface area contributed by atoms with Crippen molar-refractivity contribution in [3.63, 3.8) is 0 Å². The van der Waals surface area contributed by atoms with Gasteiger partial charge in [0.15, 0.2) is 0 Å². The largest absolute Gasteiger partial charge is 0.487 e. The minimum atomic E-state index is -9.80. The molecule has 3 atom stereocenters. The number of nitrogens with one attached hydrogen (secondary N) is 1. The molecule has 4 saturated carbocycles. The molecule has 7 rings (SSSR count). The van der Waals surface area contributed by atoms with E-state index >= 15 is 0 Å². The first kappa shape index (κ1) is 26.4. The quantitative estimate of drug-likeness (QED) is 0.261. The van der Waals surface area contributed by atoms with Crippen LogP contribution >= 0.6 is 21.6 Å². The molecule has 12 heteroatoms. The molecule has 0 aliphatic heterocycles. The Hall–Kier alpha value is -2.86. The van der Waals surface area contributed by atoms with Crippen molar-refractivity contribution >= 4 is 43.5 Å². The predicted molar refractivity (Wildman–Crippen MR) is 139 cm³/mol. The summed E-state index contributed by atoms with van der Waals surface area (Å²) in [6, 6.07) is 6.39. The molecule has 1 heterocycles. The lowest BCUT2D eigenvalue weighted by Gasteiger charge is -2.42. The SMILES string of the molecule is O=C(N[C@H](C(=O)O)C12CC3CC(C1)C(C3)C2)c1ccc2sccc2c1OCc1ccc(S(F)(F)(F)(F)F)cc1. The molecule has 2 aromatic carbocycles. The standard InChI is InChI=1S/C27H26F5NO4S2/c28-39(29,30,31,32)19-3-1-15(2-4-19)14-37-23-20-7-8-38-22(20)6-5-21(23)25(34)33-24(26(35)36)27-11-16-9-17(12-27)18(10-16)13-27/h1-8,16-18,24H,9-14H2,(H,33,34)(H,35,36)/t16?,17?,18?,24-,27?/m1/s1. The zero-order valence-corrected chi connectivity index (χ0v) is 22.2. The van der Waals surface area contributed by atoms with Gasteiger partial charge in [0.1, 0.15) is 23.3 Å². The summed E-state index contributed by atoms with van der Waals surface area (Å²) in [5.74, 6) is -0.0243. The molecule has 210 valence electrons. The average Bonchev–Trinajstić information content (AvgIpc) is 3.50. The van der Waals surface area contributed by atoms with Gasteiger partial charge in [-0.05, 0) is 91.1 Å². The van der Waals surface area contributed by atoms with E-state index in [1.165, 1.54) is 17.4 Å². The first-order valence-corrected chi connectivity index (χ1v) is 15.4. The second-order valence-electron chi connectivity index (χ2n) is 11.3. The highest BCUT2D eigenvalue weighted by Crippen LogP contribution is 3.02. The van der Waals surface area contributed by atoms with Crippen LogP contribution in [0.3, 0.4) is 0 Å². The van der Waals surface area contributed by atoms with Crippen LogP contribution in [-0.4, -0.2) is 23.0 Å². The van der Waals surface area contributed by atoms with Gasteiger partial charge in [-0.3, -0.25) is 4.79 Å². The Morgan fingerprint density at radius 3 is 2.26 bits per heavy atom. The number of carboxylic acids is 1. The molecule has 2 unspecified atom stereocenters. The van der Waals surface area contributed by atoms with Gasteiger partial charge >= 0.3 is 16.2 Å². The summed E-state index contributed by atoms with van der Waals surface area (Å²) in [6.45, 7) is -0.285. The fourth-order valence-electron chi connectivity index (χ4n) is 7.26. The number of amides is 1. The van der Waals surface area contributed by atoms with Crippen LogP contribution in [0.25, 0.3) is 10.1 Å². The number of thiophene rings is 1. The van der Waals surface area contributed by atoms with E-state index in [-0.39, 0.29) is 23.5 Å². The molecular weight excluding hydrogens is 561 g/mol. The number of carboxylic acid groups (broad SMARTS) is 1. The normalized spacial score (nSPS) is 28.2. The van der Waals surface area contributed by atoms with E-state index in [1.807, 2.05) is 0 Å². The lowest BCUT2D eigenvalue weighted by molar-refractivity contribution is -0.144. The Morgan fingerprint density at radius 1 is 1.00 bits per heavy atom. The highest BCUT2D eigenvalue weighted by atomic mass is 32.5. The van der Waals surface area contributed by atoms with Crippen LogP contribution in [-0.2, 0) is 11.4 Å². The van der Waals surface area contributed by atoms with Crippen molar-refractivity contribution in [2.45, 2.75) is 49.6 Å². The third kappa shape index (κ3) is 4.75. The average molecular weight is 588 g/mol. The van der Waals surface area contributed by atoms with Gasteiger partial charge in [0, 0.05) is 15.5 Å². The number of ether oxygens (including phenoxy) is 1. The number of halogens is 5. The van der Waals surface area contributed by atoms with Gasteiger partial charge in [-0.2, -0.15) is 0 Å². The molecule has 1 amide bonds. The lowest BCUT2D eigenvalue weighted by atomic mass is 9.65. The summed E-state index contributed by atoms with van der Waals surface area (Å²) in [5.41, 5.74) is -0.182. The number of aliphatic carboxylic acids is 1. The lowest BCUT2D eigenvalue weighted by Crippen LogP contribution is -2.53. The Bertz CT molecular complexity index is 1470. The van der Waals surface area contributed by atoms with Crippen molar-refractivity contribution in [1.29, 1.82) is 0 Å². The number of fused-ring (bicyclic) bond motifs is 1. The van der Waals surface area contributed by atoms with Gasteiger partial charge < -0.3 is 15.2 Å². The molecule has 5 nitrogen and oxygen atoms in total. The zero-order valence-electron chi connectivity index (χ0n) is 20.5. The fourth-order valence-corrected chi connectivity index (χ4v) is 8.70. The van der Waals surface area contributed by atoms with Crippen molar-refractivity contribution in [2.75, 3.05) is 0 Å². The molecule has 0 spiro atoms. The minimum absolute atomic E-state index is 0.0997. The van der Waals surface area contributed by atoms with Crippen molar-refractivity contribution in [2.24, 2.45) is 23.2 Å². The number of hydrogen-bond donors (Lipinski definition) is 2. The van der Waals surface area contributed by atoms with E-state index in [0.717, 1.165) is 48.9 Å². The summed E-state index contributed by atoms with van der Waals surface area (Å²) < 4.78 is 72.0. The van der Waals surface area contributed by atoms with Crippen LogP contribution in [0.1, 0.15) is 48.0 Å². The van der Waals surface area contributed by atoms with Crippen molar-refractivity contribution in [3.05, 3.63) is 59.0 Å². The van der Waals surface area contributed by atoms with Gasteiger partial charge in [-0.25, -0.2) is 4.79 Å². The van der Waals surface area contributed by atoms with Crippen molar-refractivity contribution in [3.8, 4) is 5.75 Å².